The van der Waals surface area contributed by atoms with Crippen LogP contribution in [0.3, 0.4) is 0 Å². The highest BCUT2D eigenvalue weighted by Crippen LogP contribution is 2.67. The number of likely N-dealkylation sites (tertiary alicyclic amines) is 1. The van der Waals surface area contributed by atoms with Crippen molar-refractivity contribution in [2.45, 2.75) is 60.9 Å². The number of fused-ring (bicyclic) bond motifs is 1. The summed E-state index contributed by atoms with van der Waals surface area (Å²) >= 11 is 5.40. The van der Waals surface area contributed by atoms with Gasteiger partial charge in [0.1, 0.15) is 6.04 Å². The zero-order valence-corrected chi connectivity index (χ0v) is 23.6. The molecule has 36 heavy (non-hydrogen) atoms. The molecule has 3 N–H and O–H groups in total. The number of halogens is 1. The predicted molar refractivity (Wildman–Crippen MR) is 148 cm³/mol. The number of aliphatic hydroxyl groups excluding tert-OH is 1. The van der Waals surface area contributed by atoms with E-state index in [1.165, 1.54) is 0 Å². The Kier molecular flexibility index (Phi) is 8.56. The SMILES string of the molecule is CCCNC(=O)[C@H]1[C@@H]2SC3(CC2Br)C(C(=O)Nc2ccc(N(CC)CC)cc2)N(CCCO)C(=O)[C@H]13. The van der Waals surface area contributed by atoms with Crippen molar-refractivity contribution >= 4 is 56.8 Å². The van der Waals surface area contributed by atoms with Gasteiger partial charge in [0.15, 0.2) is 0 Å². The number of hydrogen-bond donors (Lipinski definition) is 3. The summed E-state index contributed by atoms with van der Waals surface area (Å²) in [6.45, 7) is 8.78. The van der Waals surface area contributed by atoms with E-state index in [0.29, 0.717) is 25.1 Å². The second kappa shape index (κ2) is 11.3. The smallest absolute Gasteiger partial charge is 0.248 e. The third-order valence-corrected chi connectivity index (χ3v) is 10.9. The third kappa shape index (κ3) is 4.65. The van der Waals surface area contributed by atoms with Crippen LogP contribution in [-0.4, -0.2) is 81.4 Å². The summed E-state index contributed by atoms with van der Waals surface area (Å²) in [5.41, 5.74) is 1.76. The van der Waals surface area contributed by atoms with E-state index in [0.717, 1.165) is 25.2 Å². The molecule has 3 unspecified atom stereocenters. The van der Waals surface area contributed by atoms with Crippen LogP contribution in [0.4, 0.5) is 11.4 Å². The van der Waals surface area contributed by atoms with Crippen LogP contribution in [0, 0.1) is 11.8 Å². The summed E-state index contributed by atoms with van der Waals surface area (Å²) in [4.78, 5) is 44.7. The number of amides is 3. The van der Waals surface area contributed by atoms with Crippen molar-refractivity contribution in [3.63, 3.8) is 0 Å². The summed E-state index contributed by atoms with van der Waals surface area (Å²) in [5.74, 6) is -1.50. The van der Waals surface area contributed by atoms with E-state index in [-0.39, 0.29) is 41.0 Å². The van der Waals surface area contributed by atoms with Crippen LogP contribution in [-0.2, 0) is 14.4 Å². The highest BCUT2D eigenvalue weighted by atomic mass is 79.9. The summed E-state index contributed by atoms with van der Waals surface area (Å²) < 4.78 is -0.676. The fourth-order valence-corrected chi connectivity index (χ4v) is 9.75. The molecule has 0 radical (unpaired) electrons. The predicted octanol–water partition coefficient (Wildman–Crippen LogP) is 2.84. The molecule has 3 fully saturated rings. The number of alkyl halides is 1. The van der Waals surface area contributed by atoms with E-state index in [9.17, 15) is 19.5 Å². The molecule has 3 amide bonds. The lowest BCUT2D eigenvalue weighted by molar-refractivity contribution is -0.139. The number of rotatable bonds is 11. The zero-order valence-electron chi connectivity index (χ0n) is 21.2. The Hall–Kier alpha value is -1.78. The van der Waals surface area contributed by atoms with Gasteiger partial charge in [-0.3, -0.25) is 14.4 Å². The Morgan fingerprint density at radius 2 is 1.89 bits per heavy atom. The van der Waals surface area contributed by atoms with Crippen LogP contribution in [0.2, 0.25) is 0 Å². The van der Waals surface area contributed by atoms with Crippen LogP contribution < -0.4 is 15.5 Å². The fourth-order valence-electron chi connectivity index (χ4n) is 6.13. The molecule has 3 saturated heterocycles. The number of anilines is 2. The standard InChI is InChI=1S/C26H37BrN4O4S/c1-4-12-28-23(33)19-20-25(35)31(13-7-14-32)22(26(20)15-18(27)21(19)36-26)24(34)29-16-8-10-17(11-9-16)30(5-2)6-3/h8-11,18-22,32H,4-7,12-15H2,1-3H3,(H,28,33)(H,29,34)/t18?,19-,20+,21-,22?,26?/m1/s1. The molecular weight excluding hydrogens is 544 g/mol. The number of nitrogens with zero attached hydrogens (tertiary/aromatic N) is 2. The Bertz CT molecular complexity index is 975. The molecule has 3 heterocycles. The van der Waals surface area contributed by atoms with Gasteiger partial charge in [-0.15, -0.1) is 11.8 Å². The van der Waals surface area contributed by atoms with Crippen LogP contribution >= 0.6 is 27.7 Å². The number of carbonyl (C=O) groups is 3. The Labute approximate surface area is 226 Å². The van der Waals surface area contributed by atoms with Gasteiger partial charge in [0.05, 0.1) is 16.6 Å². The monoisotopic (exact) mass is 580 g/mol. The van der Waals surface area contributed by atoms with Crippen LogP contribution in [0.5, 0.6) is 0 Å². The number of hydrogen-bond acceptors (Lipinski definition) is 6. The van der Waals surface area contributed by atoms with E-state index in [2.05, 4.69) is 45.3 Å². The zero-order chi connectivity index (χ0) is 26.0. The second-order valence-electron chi connectivity index (χ2n) is 9.77. The number of thioether (sulfide) groups is 1. The third-order valence-electron chi connectivity index (χ3n) is 7.71. The van der Waals surface area contributed by atoms with Crippen molar-refractivity contribution in [3.8, 4) is 0 Å². The molecule has 1 aromatic carbocycles. The van der Waals surface area contributed by atoms with Crippen LogP contribution in [0.1, 0.15) is 40.0 Å². The normalized spacial score (nSPS) is 30.4. The first-order valence-corrected chi connectivity index (χ1v) is 14.8. The average Bonchev–Trinajstić information content (AvgIpc) is 3.46. The maximum Gasteiger partial charge on any atom is 0.248 e. The van der Waals surface area contributed by atoms with Crippen LogP contribution in [0.25, 0.3) is 0 Å². The Morgan fingerprint density at radius 3 is 2.50 bits per heavy atom. The molecule has 0 aromatic heterocycles. The maximum absolute atomic E-state index is 13.8. The second-order valence-corrected chi connectivity index (χ2v) is 12.5. The minimum Gasteiger partial charge on any atom is -0.396 e. The number of aliphatic hydroxyl groups is 1. The van der Waals surface area contributed by atoms with Crippen molar-refractivity contribution in [2.75, 3.05) is 43.0 Å². The Morgan fingerprint density at radius 1 is 1.19 bits per heavy atom. The average molecular weight is 582 g/mol. The van der Waals surface area contributed by atoms with Gasteiger partial charge in [0.2, 0.25) is 17.7 Å². The molecule has 198 valence electrons. The van der Waals surface area contributed by atoms with E-state index in [1.807, 2.05) is 31.2 Å². The lowest BCUT2D eigenvalue weighted by Crippen LogP contribution is -2.53. The molecule has 4 rings (SSSR count). The van der Waals surface area contributed by atoms with E-state index in [4.69, 9.17) is 0 Å². The van der Waals surface area contributed by atoms with Gasteiger partial charge in [0, 0.05) is 54.2 Å². The van der Waals surface area contributed by atoms with Gasteiger partial charge in [-0.1, -0.05) is 22.9 Å². The van der Waals surface area contributed by atoms with E-state index < -0.39 is 22.6 Å². The van der Waals surface area contributed by atoms with Gasteiger partial charge in [-0.05, 0) is 57.4 Å². The Balaban J connectivity index is 1.62. The molecule has 0 aliphatic carbocycles. The molecule has 10 heteroatoms. The summed E-state index contributed by atoms with van der Waals surface area (Å²) in [7, 11) is 0. The van der Waals surface area contributed by atoms with Gasteiger partial charge in [0.25, 0.3) is 0 Å². The highest BCUT2D eigenvalue weighted by Gasteiger charge is 2.75. The van der Waals surface area contributed by atoms with Gasteiger partial charge >= 0.3 is 0 Å². The lowest BCUT2D eigenvalue weighted by Gasteiger charge is -2.35. The molecule has 0 saturated carbocycles. The van der Waals surface area contributed by atoms with Gasteiger partial charge < -0.3 is 25.5 Å². The van der Waals surface area contributed by atoms with Gasteiger partial charge in [-0.2, -0.15) is 0 Å². The molecule has 3 aliphatic heterocycles. The maximum atomic E-state index is 13.8. The van der Waals surface area contributed by atoms with E-state index >= 15 is 0 Å². The van der Waals surface area contributed by atoms with Crippen molar-refractivity contribution in [1.82, 2.24) is 10.2 Å². The summed E-state index contributed by atoms with van der Waals surface area (Å²) in [6, 6.07) is 7.06. The minimum absolute atomic E-state index is 0.0466. The molecule has 1 spiro atoms. The quantitative estimate of drug-likeness (QED) is 0.348. The number of nitrogens with one attached hydrogen (secondary N) is 2. The molecule has 2 bridgehead atoms. The fraction of sp³-hybridized carbons (Fsp3) is 0.654. The van der Waals surface area contributed by atoms with Crippen LogP contribution in [0.15, 0.2) is 24.3 Å². The topological polar surface area (TPSA) is 102 Å². The first kappa shape index (κ1) is 27.3. The molecular formula is C26H37BrN4O4S. The minimum atomic E-state index is -0.706. The first-order chi connectivity index (χ1) is 17.3. The molecule has 3 aliphatic rings. The number of benzene rings is 1. The van der Waals surface area contributed by atoms with Crippen molar-refractivity contribution < 1.29 is 19.5 Å². The molecule has 6 atom stereocenters. The summed E-state index contributed by atoms with van der Waals surface area (Å²) in [5, 5.41) is 15.5. The number of carbonyl (C=O) groups excluding carboxylic acids is 3. The van der Waals surface area contributed by atoms with Crippen molar-refractivity contribution in [2.24, 2.45) is 11.8 Å². The lowest BCUT2D eigenvalue weighted by atomic mass is 9.70. The molecule has 1 aromatic rings. The highest BCUT2D eigenvalue weighted by molar-refractivity contribution is 9.09. The first-order valence-electron chi connectivity index (χ1n) is 13.0. The van der Waals surface area contributed by atoms with Crippen molar-refractivity contribution in [1.29, 1.82) is 0 Å². The van der Waals surface area contributed by atoms with E-state index in [1.54, 1.807) is 16.7 Å². The largest absolute Gasteiger partial charge is 0.396 e. The van der Waals surface area contributed by atoms with Crippen molar-refractivity contribution in [3.05, 3.63) is 24.3 Å². The van der Waals surface area contributed by atoms with Gasteiger partial charge in [-0.25, -0.2) is 0 Å². The molecule has 8 nitrogen and oxygen atoms in total. The summed E-state index contributed by atoms with van der Waals surface area (Å²) in [6.07, 6.45) is 1.85.